The van der Waals surface area contributed by atoms with Gasteiger partial charge in [-0.15, -0.1) is 0 Å². The summed E-state index contributed by atoms with van der Waals surface area (Å²) < 4.78 is 26.9. The molecule has 108 valence electrons. The summed E-state index contributed by atoms with van der Waals surface area (Å²) in [5.74, 6) is -1.56. The van der Waals surface area contributed by atoms with Crippen molar-refractivity contribution in [1.82, 2.24) is 5.32 Å². The largest absolute Gasteiger partial charge is 0.387 e. The van der Waals surface area contributed by atoms with Crippen molar-refractivity contribution in [3.05, 3.63) is 57.8 Å². The van der Waals surface area contributed by atoms with Crippen LogP contribution in [0, 0.1) is 11.6 Å². The molecular formula is C14H15F2NO2S. The van der Waals surface area contributed by atoms with Gasteiger partial charge in [0, 0.05) is 13.1 Å². The number of rotatable bonds is 6. The van der Waals surface area contributed by atoms with E-state index in [-0.39, 0.29) is 18.7 Å². The van der Waals surface area contributed by atoms with Crippen LogP contribution >= 0.6 is 11.3 Å². The van der Waals surface area contributed by atoms with Gasteiger partial charge < -0.3 is 15.5 Å². The summed E-state index contributed by atoms with van der Waals surface area (Å²) in [4.78, 5) is 0. The number of thiophene rings is 1. The van der Waals surface area contributed by atoms with Crippen LogP contribution in [0.4, 0.5) is 8.78 Å². The van der Waals surface area contributed by atoms with Crippen molar-refractivity contribution in [2.75, 3.05) is 13.1 Å². The minimum Gasteiger partial charge on any atom is -0.387 e. The highest BCUT2D eigenvalue weighted by molar-refractivity contribution is 7.07. The van der Waals surface area contributed by atoms with E-state index in [0.29, 0.717) is 0 Å². The lowest BCUT2D eigenvalue weighted by atomic mass is 10.1. The summed E-state index contributed by atoms with van der Waals surface area (Å²) in [5, 5.41) is 26.1. The Balaban J connectivity index is 1.88. The van der Waals surface area contributed by atoms with Crippen LogP contribution in [-0.4, -0.2) is 23.3 Å². The summed E-state index contributed by atoms with van der Waals surface area (Å²) in [6.45, 7) is 0.156. The first-order valence-electron chi connectivity index (χ1n) is 6.12. The Kier molecular flexibility index (Phi) is 5.19. The predicted molar refractivity (Wildman–Crippen MR) is 73.5 cm³/mol. The molecule has 2 atom stereocenters. The summed E-state index contributed by atoms with van der Waals surface area (Å²) in [6.07, 6.45) is -2.01. The smallest absolute Gasteiger partial charge is 0.131 e. The highest BCUT2D eigenvalue weighted by Crippen LogP contribution is 2.20. The van der Waals surface area contributed by atoms with Crippen molar-refractivity contribution in [3.8, 4) is 0 Å². The average Bonchev–Trinajstić information content (AvgIpc) is 2.92. The molecule has 2 aromatic rings. The van der Waals surface area contributed by atoms with E-state index in [2.05, 4.69) is 5.32 Å². The van der Waals surface area contributed by atoms with Crippen LogP contribution < -0.4 is 5.32 Å². The minimum absolute atomic E-state index is 0.0426. The number of nitrogens with one attached hydrogen (secondary N) is 1. The molecule has 0 bridgehead atoms. The molecule has 0 aliphatic heterocycles. The summed E-state index contributed by atoms with van der Waals surface area (Å²) in [7, 11) is 0. The average molecular weight is 299 g/mol. The van der Waals surface area contributed by atoms with E-state index in [1.807, 2.05) is 10.8 Å². The second kappa shape index (κ2) is 6.90. The maximum absolute atomic E-state index is 13.4. The fraction of sp³-hybridized carbons (Fsp3) is 0.286. The van der Waals surface area contributed by atoms with E-state index < -0.39 is 23.8 Å². The molecular weight excluding hydrogens is 284 g/mol. The molecule has 3 nitrogen and oxygen atoms in total. The van der Waals surface area contributed by atoms with Crippen molar-refractivity contribution < 1.29 is 19.0 Å². The molecule has 0 aliphatic carbocycles. The zero-order chi connectivity index (χ0) is 14.5. The third-order valence-corrected chi connectivity index (χ3v) is 3.64. The van der Waals surface area contributed by atoms with Gasteiger partial charge in [0.15, 0.2) is 0 Å². The lowest BCUT2D eigenvalue weighted by Gasteiger charge is -2.15. The molecule has 3 N–H and O–H groups in total. The Bertz CT molecular complexity index is 528. The van der Waals surface area contributed by atoms with Crippen molar-refractivity contribution in [1.29, 1.82) is 0 Å². The first-order valence-corrected chi connectivity index (χ1v) is 7.06. The second-order valence-corrected chi connectivity index (χ2v) is 5.16. The molecule has 1 heterocycles. The van der Waals surface area contributed by atoms with E-state index in [1.165, 1.54) is 17.4 Å². The van der Waals surface area contributed by atoms with E-state index in [1.54, 1.807) is 6.07 Å². The van der Waals surface area contributed by atoms with Gasteiger partial charge in [-0.1, -0.05) is 6.07 Å². The maximum Gasteiger partial charge on any atom is 0.131 e. The Hall–Kier alpha value is -1.34. The number of aliphatic hydroxyl groups is 2. The van der Waals surface area contributed by atoms with Crippen molar-refractivity contribution >= 4 is 11.3 Å². The Morgan fingerprint density at radius 1 is 1.05 bits per heavy atom. The number of aliphatic hydroxyl groups excluding tert-OH is 2. The van der Waals surface area contributed by atoms with E-state index in [4.69, 9.17) is 0 Å². The molecule has 0 spiro atoms. The molecule has 20 heavy (non-hydrogen) atoms. The molecule has 0 saturated carbocycles. The number of benzene rings is 1. The first-order chi connectivity index (χ1) is 9.59. The SMILES string of the molecule is OC(CNCC(O)c1c(F)cccc1F)c1ccsc1. The summed E-state index contributed by atoms with van der Waals surface area (Å²) in [6, 6.07) is 5.24. The molecule has 1 aromatic heterocycles. The van der Waals surface area contributed by atoms with Crippen LogP contribution in [0.15, 0.2) is 35.0 Å². The van der Waals surface area contributed by atoms with Gasteiger partial charge >= 0.3 is 0 Å². The highest BCUT2D eigenvalue weighted by Gasteiger charge is 2.17. The van der Waals surface area contributed by atoms with Gasteiger partial charge in [0.2, 0.25) is 0 Å². The standard InChI is InChI=1S/C14H15F2NO2S/c15-10-2-1-3-11(16)14(10)13(19)7-17-6-12(18)9-4-5-20-8-9/h1-5,8,12-13,17-19H,6-7H2. The molecule has 0 saturated heterocycles. The second-order valence-electron chi connectivity index (χ2n) is 4.38. The third-order valence-electron chi connectivity index (χ3n) is 2.94. The fourth-order valence-electron chi connectivity index (χ4n) is 1.87. The predicted octanol–water partition coefficient (Wildman–Crippen LogP) is 2.38. The van der Waals surface area contributed by atoms with Gasteiger partial charge in [-0.2, -0.15) is 11.3 Å². The van der Waals surface area contributed by atoms with Crippen LogP contribution in [0.1, 0.15) is 23.3 Å². The summed E-state index contributed by atoms with van der Waals surface area (Å²) in [5.41, 5.74) is 0.416. The van der Waals surface area contributed by atoms with Gasteiger partial charge in [-0.3, -0.25) is 0 Å². The zero-order valence-corrected chi connectivity index (χ0v) is 11.4. The van der Waals surface area contributed by atoms with Gasteiger partial charge in [-0.25, -0.2) is 8.78 Å². The van der Waals surface area contributed by atoms with Gasteiger partial charge in [0.25, 0.3) is 0 Å². The van der Waals surface area contributed by atoms with Crippen molar-refractivity contribution in [2.45, 2.75) is 12.2 Å². The molecule has 0 amide bonds. The van der Waals surface area contributed by atoms with E-state index in [9.17, 15) is 19.0 Å². The topological polar surface area (TPSA) is 52.5 Å². The molecule has 0 radical (unpaired) electrons. The fourth-order valence-corrected chi connectivity index (χ4v) is 2.58. The molecule has 6 heteroatoms. The highest BCUT2D eigenvalue weighted by atomic mass is 32.1. The van der Waals surface area contributed by atoms with Gasteiger partial charge in [0.05, 0.1) is 17.8 Å². The molecule has 0 fully saturated rings. The Labute approximate surface area is 119 Å². The van der Waals surface area contributed by atoms with Gasteiger partial charge in [0.1, 0.15) is 11.6 Å². The lowest BCUT2D eigenvalue weighted by Crippen LogP contribution is -2.27. The van der Waals surface area contributed by atoms with Crippen molar-refractivity contribution in [2.24, 2.45) is 0 Å². The molecule has 0 aliphatic rings. The number of halogens is 2. The number of hydrogen-bond donors (Lipinski definition) is 3. The van der Waals surface area contributed by atoms with Crippen LogP contribution in [0.2, 0.25) is 0 Å². The minimum atomic E-state index is -1.30. The monoisotopic (exact) mass is 299 g/mol. The molecule has 2 rings (SSSR count). The molecule has 2 unspecified atom stereocenters. The maximum atomic E-state index is 13.4. The first kappa shape index (κ1) is 15.1. The lowest BCUT2D eigenvalue weighted by molar-refractivity contribution is 0.142. The third kappa shape index (κ3) is 3.61. The van der Waals surface area contributed by atoms with Gasteiger partial charge in [-0.05, 0) is 34.5 Å². The van der Waals surface area contributed by atoms with E-state index in [0.717, 1.165) is 17.7 Å². The van der Waals surface area contributed by atoms with Crippen LogP contribution in [0.3, 0.4) is 0 Å². The molecule has 1 aromatic carbocycles. The van der Waals surface area contributed by atoms with Crippen LogP contribution in [0.25, 0.3) is 0 Å². The quantitative estimate of drug-likeness (QED) is 0.767. The van der Waals surface area contributed by atoms with E-state index >= 15 is 0 Å². The normalized spacial score (nSPS) is 14.2. The Morgan fingerprint density at radius 3 is 2.30 bits per heavy atom. The zero-order valence-electron chi connectivity index (χ0n) is 10.6. The van der Waals surface area contributed by atoms with Crippen LogP contribution in [0.5, 0.6) is 0 Å². The Morgan fingerprint density at radius 2 is 1.70 bits per heavy atom. The van der Waals surface area contributed by atoms with Crippen LogP contribution in [-0.2, 0) is 0 Å². The van der Waals surface area contributed by atoms with Crippen molar-refractivity contribution in [3.63, 3.8) is 0 Å². The summed E-state index contributed by atoms with van der Waals surface area (Å²) >= 11 is 1.47. The number of hydrogen-bond acceptors (Lipinski definition) is 4.